The molecular formula is C13H16ClFN2O. The molecule has 2 rings (SSSR count). The van der Waals surface area contributed by atoms with Crippen molar-refractivity contribution in [1.29, 1.82) is 0 Å². The smallest absolute Gasteiger partial charge is 0.255 e. The molecule has 0 unspecified atom stereocenters. The lowest BCUT2D eigenvalue weighted by Gasteiger charge is -2.37. The Kier molecular flexibility index (Phi) is 4.53. The fourth-order valence-electron chi connectivity index (χ4n) is 2.07. The van der Waals surface area contributed by atoms with Crippen LogP contribution >= 0.6 is 11.6 Å². The number of amides is 1. The normalized spacial score (nSPS) is 15.2. The van der Waals surface area contributed by atoms with Crippen LogP contribution in [0, 0.1) is 5.82 Å². The third-order valence-corrected chi connectivity index (χ3v) is 3.53. The number of aromatic nitrogens is 1. The van der Waals surface area contributed by atoms with Crippen molar-refractivity contribution in [1.82, 2.24) is 9.88 Å². The summed E-state index contributed by atoms with van der Waals surface area (Å²) in [6.45, 7) is 0.628. The van der Waals surface area contributed by atoms with Crippen LogP contribution in [-0.4, -0.2) is 34.3 Å². The fourth-order valence-corrected chi connectivity index (χ4v) is 2.19. The lowest BCUT2D eigenvalue weighted by molar-refractivity contribution is 0.0580. The summed E-state index contributed by atoms with van der Waals surface area (Å²) in [5.74, 6) is -0.0960. The Labute approximate surface area is 111 Å². The Morgan fingerprint density at radius 1 is 1.50 bits per heavy atom. The van der Waals surface area contributed by atoms with Gasteiger partial charge in [0.1, 0.15) is 5.82 Å². The number of nitrogens with zero attached hydrogens (tertiary/aromatic N) is 2. The lowest BCUT2D eigenvalue weighted by atomic mass is 9.91. The van der Waals surface area contributed by atoms with Gasteiger partial charge in [-0.15, -0.1) is 11.6 Å². The van der Waals surface area contributed by atoms with Gasteiger partial charge in [0.25, 0.3) is 5.91 Å². The molecular weight excluding hydrogens is 255 g/mol. The van der Waals surface area contributed by atoms with Gasteiger partial charge in [-0.2, -0.15) is 0 Å². The molecule has 1 aromatic rings. The molecule has 0 spiro atoms. The van der Waals surface area contributed by atoms with E-state index in [0.29, 0.717) is 18.0 Å². The predicted octanol–water partition coefficient (Wildman–Crippen LogP) is 2.84. The van der Waals surface area contributed by atoms with Crippen molar-refractivity contribution < 1.29 is 9.18 Å². The van der Waals surface area contributed by atoms with Crippen molar-refractivity contribution in [3.05, 3.63) is 29.8 Å². The maximum absolute atomic E-state index is 13.1. The average Bonchev–Trinajstić information content (AvgIpc) is 2.31. The standard InChI is InChI=1S/C13H16ClFN2O/c14-5-2-6-17(12-3-1-4-12)13(18)10-7-11(15)9-16-8-10/h7-9,12H,1-6H2. The van der Waals surface area contributed by atoms with E-state index < -0.39 is 5.82 Å². The quantitative estimate of drug-likeness (QED) is 0.771. The molecule has 18 heavy (non-hydrogen) atoms. The zero-order valence-electron chi connectivity index (χ0n) is 10.1. The third kappa shape index (κ3) is 2.99. The molecule has 1 amide bonds. The van der Waals surface area contributed by atoms with Gasteiger partial charge >= 0.3 is 0 Å². The topological polar surface area (TPSA) is 33.2 Å². The molecule has 0 N–H and O–H groups in total. The Hall–Kier alpha value is -1.16. The minimum Gasteiger partial charge on any atom is -0.336 e. The van der Waals surface area contributed by atoms with E-state index in [-0.39, 0.29) is 11.9 Å². The molecule has 98 valence electrons. The van der Waals surface area contributed by atoms with Gasteiger partial charge in [0.05, 0.1) is 11.8 Å². The maximum atomic E-state index is 13.1. The van der Waals surface area contributed by atoms with Crippen LogP contribution in [0.4, 0.5) is 4.39 Å². The summed E-state index contributed by atoms with van der Waals surface area (Å²) in [4.78, 5) is 17.8. The van der Waals surface area contributed by atoms with Crippen molar-refractivity contribution in [2.75, 3.05) is 12.4 Å². The largest absolute Gasteiger partial charge is 0.336 e. The molecule has 1 heterocycles. The molecule has 3 nitrogen and oxygen atoms in total. The Bertz CT molecular complexity index is 423. The van der Waals surface area contributed by atoms with Crippen molar-refractivity contribution in [3.8, 4) is 0 Å². The second-order valence-corrected chi connectivity index (χ2v) is 4.90. The summed E-state index contributed by atoms with van der Waals surface area (Å²) in [6.07, 6.45) is 6.47. The van der Waals surface area contributed by atoms with Crippen LogP contribution in [0.2, 0.25) is 0 Å². The van der Waals surface area contributed by atoms with E-state index >= 15 is 0 Å². The van der Waals surface area contributed by atoms with Gasteiger partial charge in [0.15, 0.2) is 0 Å². The van der Waals surface area contributed by atoms with Crippen LogP contribution in [0.1, 0.15) is 36.0 Å². The van der Waals surface area contributed by atoms with Crippen LogP contribution in [0.3, 0.4) is 0 Å². The van der Waals surface area contributed by atoms with Crippen LogP contribution in [-0.2, 0) is 0 Å². The molecule has 0 radical (unpaired) electrons. The number of carbonyl (C=O) groups excluding carboxylic acids is 1. The second kappa shape index (κ2) is 6.14. The highest BCUT2D eigenvalue weighted by Crippen LogP contribution is 2.26. The van der Waals surface area contributed by atoms with E-state index in [1.807, 2.05) is 4.90 Å². The SMILES string of the molecule is O=C(c1cncc(F)c1)N(CCCCl)C1CCC1. The summed E-state index contributed by atoms with van der Waals surface area (Å²) < 4.78 is 13.1. The Morgan fingerprint density at radius 3 is 2.83 bits per heavy atom. The molecule has 1 aromatic heterocycles. The third-order valence-electron chi connectivity index (χ3n) is 3.26. The van der Waals surface area contributed by atoms with Gasteiger partial charge in [0, 0.05) is 24.7 Å². The molecule has 1 saturated carbocycles. The monoisotopic (exact) mass is 270 g/mol. The van der Waals surface area contributed by atoms with E-state index in [4.69, 9.17) is 11.6 Å². The molecule has 0 atom stereocenters. The van der Waals surface area contributed by atoms with Gasteiger partial charge in [-0.1, -0.05) is 0 Å². The second-order valence-electron chi connectivity index (χ2n) is 4.52. The summed E-state index contributed by atoms with van der Waals surface area (Å²) >= 11 is 5.68. The van der Waals surface area contributed by atoms with Gasteiger partial charge in [0.2, 0.25) is 0 Å². The van der Waals surface area contributed by atoms with Crippen LogP contribution < -0.4 is 0 Å². The molecule has 1 aliphatic rings. The molecule has 1 fully saturated rings. The summed E-state index contributed by atoms with van der Waals surface area (Å²) in [6, 6.07) is 1.52. The number of hydrogen-bond acceptors (Lipinski definition) is 2. The molecule has 0 bridgehead atoms. The number of pyridine rings is 1. The van der Waals surface area contributed by atoms with Gasteiger partial charge < -0.3 is 4.90 Å². The summed E-state index contributed by atoms with van der Waals surface area (Å²) in [5.41, 5.74) is 0.316. The highest BCUT2D eigenvalue weighted by molar-refractivity contribution is 6.17. The summed E-state index contributed by atoms with van der Waals surface area (Å²) in [7, 11) is 0. The first-order valence-corrected chi connectivity index (χ1v) is 6.73. The van der Waals surface area contributed by atoms with E-state index in [9.17, 15) is 9.18 Å². The predicted molar refractivity (Wildman–Crippen MR) is 68.2 cm³/mol. The number of carbonyl (C=O) groups is 1. The molecule has 0 saturated heterocycles. The first-order valence-electron chi connectivity index (χ1n) is 6.20. The number of rotatable bonds is 5. The first-order chi connectivity index (χ1) is 8.72. The van der Waals surface area contributed by atoms with Crippen LogP contribution in [0.25, 0.3) is 0 Å². The maximum Gasteiger partial charge on any atom is 0.255 e. The van der Waals surface area contributed by atoms with E-state index in [1.165, 1.54) is 12.3 Å². The minimum absolute atomic E-state index is 0.142. The van der Waals surface area contributed by atoms with Gasteiger partial charge in [-0.3, -0.25) is 9.78 Å². The van der Waals surface area contributed by atoms with Crippen molar-refractivity contribution >= 4 is 17.5 Å². The number of hydrogen-bond donors (Lipinski definition) is 0. The highest BCUT2D eigenvalue weighted by Gasteiger charge is 2.29. The average molecular weight is 271 g/mol. The van der Waals surface area contributed by atoms with E-state index in [1.54, 1.807) is 0 Å². The number of alkyl halides is 1. The lowest BCUT2D eigenvalue weighted by Crippen LogP contribution is -2.44. The Balaban J connectivity index is 2.11. The zero-order chi connectivity index (χ0) is 13.0. The zero-order valence-corrected chi connectivity index (χ0v) is 10.9. The van der Waals surface area contributed by atoms with Crippen LogP contribution in [0.5, 0.6) is 0 Å². The fraction of sp³-hybridized carbons (Fsp3) is 0.538. The van der Waals surface area contributed by atoms with Gasteiger partial charge in [-0.05, 0) is 31.7 Å². The van der Waals surface area contributed by atoms with Crippen molar-refractivity contribution in [2.24, 2.45) is 0 Å². The molecule has 5 heteroatoms. The summed E-state index contributed by atoms with van der Waals surface area (Å²) in [5, 5.41) is 0. The van der Waals surface area contributed by atoms with Crippen molar-refractivity contribution in [2.45, 2.75) is 31.7 Å². The highest BCUT2D eigenvalue weighted by atomic mass is 35.5. The van der Waals surface area contributed by atoms with Crippen molar-refractivity contribution in [3.63, 3.8) is 0 Å². The Morgan fingerprint density at radius 2 is 2.28 bits per heavy atom. The van der Waals surface area contributed by atoms with E-state index in [2.05, 4.69) is 4.98 Å². The molecule has 0 aliphatic heterocycles. The van der Waals surface area contributed by atoms with Crippen LogP contribution in [0.15, 0.2) is 18.5 Å². The number of halogens is 2. The molecule has 1 aliphatic carbocycles. The molecule has 0 aromatic carbocycles. The first kappa shape index (κ1) is 13.3. The minimum atomic E-state index is -0.480. The van der Waals surface area contributed by atoms with Gasteiger partial charge in [-0.25, -0.2) is 4.39 Å². The van der Waals surface area contributed by atoms with E-state index in [0.717, 1.165) is 31.9 Å².